The summed E-state index contributed by atoms with van der Waals surface area (Å²) in [5, 5.41) is 12.0. The van der Waals surface area contributed by atoms with Crippen LogP contribution in [-0.2, 0) is 9.47 Å². The Labute approximate surface area is 201 Å². The molecule has 0 saturated carbocycles. The molecule has 188 valence electrons. The molecule has 11 heteroatoms. The monoisotopic (exact) mass is 490 g/mol. The standard InChI is InChI=1S/C24H26O11/c1-26-12-5-14-19(34-9-32-14)21(28-3)16(12)18-11-7-30-23(24(11,25)8-31-18)17-13(27-2)6-15-20(22(17)29-4)35-10-33-15/h5-6,11,18,23,25H,7-10H2,1-4H3/t11-,18+,23-,24-/m0/s1. The minimum Gasteiger partial charge on any atom is -0.496 e. The lowest BCUT2D eigenvalue weighted by atomic mass is 9.80. The molecule has 4 heterocycles. The van der Waals surface area contributed by atoms with E-state index in [2.05, 4.69) is 0 Å². The van der Waals surface area contributed by atoms with E-state index < -0.39 is 23.7 Å². The average Bonchev–Trinajstić information content (AvgIpc) is 3.65. The second kappa shape index (κ2) is 8.14. The molecule has 2 saturated heterocycles. The number of fused-ring (bicyclic) bond motifs is 3. The predicted molar refractivity (Wildman–Crippen MR) is 117 cm³/mol. The highest BCUT2D eigenvalue weighted by molar-refractivity contribution is 5.65. The third-order valence-corrected chi connectivity index (χ3v) is 7.03. The first-order valence-electron chi connectivity index (χ1n) is 11.1. The fourth-order valence-corrected chi connectivity index (χ4v) is 5.44. The van der Waals surface area contributed by atoms with Gasteiger partial charge in [0, 0.05) is 18.1 Å². The molecule has 1 N–H and O–H groups in total. The lowest BCUT2D eigenvalue weighted by Crippen LogP contribution is -2.39. The van der Waals surface area contributed by atoms with Crippen LogP contribution in [0.3, 0.4) is 0 Å². The first kappa shape index (κ1) is 22.2. The molecule has 0 spiro atoms. The number of hydrogen-bond donors (Lipinski definition) is 1. The summed E-state index contributed by atoms with van der Waals surface area (Å²) in [4.78, 5) is 0. The summed E-state index contributed by atoms with van der Waals surface area (Å²) in [6.45, 7) is 0.333. The highest BCUT2D eigenvalue weighted by atomic mass is 16.7. The Morgan fingerprint density at radius 1 is 0.771 bits per heavy atom. The quantitative estimate of drug-likeness (QED) is 0.644. The summed E-state index contributed by atoms with van der Waals surface area (Å²) in [5.74, 6) is 3.24. The SMILES string of the molecule is COc1cc2c(c(OC)c1[C@@H]1OC[C@@]3(O)[C@H](c4c(OC)cc5c(c4OC)OCO5)OC[C@@H]13)OCO2. The number of benzene rings is 2. The Hall–Kier alpha value is -3.28. The molecule has 0 unspecified atom stereocenters. The maximum atomic E-state index is 12.0. The molecule has 0 bridgehead atoms. The van der Waals surface area contributed by atoms with Gasteiger partial charge < -0.3 is 52.5 Å². The van der Waals surface area contributed by atoms with Gasteiger partial charge in [0.1, 0.15) is 23.2 Å². The molecule has 0 radical (unpaired) electrons. The highest BCUT2D eigenvalue weighted by Gasteiger charge is 2.62. The number of ether oxygens (including phenoxy) is 10. The molecular formula is C24H26O11. The van der Waals surface area contributed by atoms with Crippen LogP contribution < -0.4 is 37.9 Å². The molecule has 2 fully saturated rings. The van der Waals surface area contributed by atoms with Gasteiger partial charge >= 0.3 is 0 Å². The molecule has 4 atom stereocenters. The third kappa shape index (κ3) is 3.01. The third-order valence-electron chi connectivity index (χ3n) is 7.03. The smallest absolute Gasteiger partial charge is 0.231 e. The molecule has 4 aliphatic rings. The number of aliphatic hydroxyl groups is 1. The van der Waals surface area contributed by atoms with E-state index >= 15 is 0 Å². The van der Waals surface area contributed by atoms with E-state index in [0.717, 1.165) is 0 Å². The van der Waals surface area contributed by atoms with Crippen molar-refractivity contribution in [3.05, 3.63) is 23.3 Å². The van der Waals surface area contributed by atoms with Crippen LogP contribution in [0.5, 0.6) is 46.0 Å². The van der Waals surface area contributed by atoms with Gasteiger partial charge in [0.25, 0.3) is 0 Å². The summed E-state index contributed by atoms with van der Waals surface area (Å²) in [6, 6.07) is 3.44. The van der Waals surface area contributed by atoms with Crippen molar-refractivity contribution in [3.63, 3.8) is 0 Å². The lowest BCUT2D eigenvalue weighted by Gasteiger charge is -2.29. The van der Waals surface area contributed by atoms with Gasteiger partial charge in [-0.25, -0.2) is 0 Å². The van der Waals surface area contributed by atoms with Gasteiger partial charge in [0.15, 0.2) is 23.0 Å². The Balaban J connectivity index is 1.43. The molecule has 0 aromatic heterocycles. The molecule has 0 aliphatic carbocycles. The van der Waals surface area contributed by atoms with Gasteiger partial charge in [-0.3, -0.25) is 0 Å². The van der Waals surface area contributed by atoms with E-state index in [1.54, 1.807) is 19.2 Å². The molecule has 35 heavy (non-hydrogen) atoms. The summed E-state index contributed by atoms with van der Waals surface area (Å²) >= 11 is 0. The van der Waals surface area contributed by atoms with Gasteiger partial charge in [-0.2, -0.15) is 0 Å². The fraction of sp³-hybridized carbons (Fsp3) is 0.500. The van der Waals surface area contributed by atoms with Crippen LogP contribution in [0.4, 0.5) is 0 Å². The van der Waals surface area contributed by atoms with Crippen LogP contribution in [0.1, 0.15) is 23.3 Å². The van der Waals surface area contributed by atoms with Gasteiger partial charge in [-0.15, -0.1) is 0 Å². The molecular weight excluding hydrogens is 464 g/mol. The van der Waals surface area contributed by atoms with Crippen molar-refractivity contribution in [2.75, 3.05) is 55.2 Å². The summed E-state index contributed by atoms with van der Waals surface area (Å²) in [7, 11) is 6.15. The number of rotatable bonds is 6. The molecule has 2 aromatic carbocycles. The summed E-state index contributed by atoms with van der Waals surface area (Å²) in [6.07, 6.45) is -1.42. The maximum absolute atomic E-state index is 12.0. The highest BCUT2D eigenvalue weighted by Crippen LogP contribution is 2.61. The largest absolute Gasteiger partial charge is 0.496 e. The van der Waals surface area contributed by atoms with Crippen molar-refractivity contribution >= 4 is 0 Å². The number of methoxy groups -OCH3 is 4. The van der Waals surface area contributed by atoms with E-state index in [1.807, 2.05) is 0 Å². The van der Waals surface area contributed by atoms with E-state index in [1.165, 1.54) is 21.3 Å². The van der Waals surface area contributed by atoms with Crippen LogP contribution >= 0.6 is 0 Å². The van der Waals surface area contributed by atoms with Crippen molar-refractivity contribution in [2.45, 2.75) is 17.8 Å². The first-order chi connectivity index (χ1) is 17.0. The predicted octanol–water partition coefficient (Wildman–Crippen LogP) is 2.37. The van der Waals surface area contributed by atoms with E-state index in [-0.39, 0.29) is 26.8 Å². The number of hydrogen-bond acceptors (Lipinski definition) is 11. The van der Waals surface area contributed by atoms with Crippen LogP contribution in [0, 0.1) is 5.92 Å². The van der Waals surface area contributed by atoms with Crippen molar-refractivity contribution in [3.8, 4) is 46.0 Å². The fourth-order valence-electron chi connectivity index (χ4n) is 5.44. The van der Waals surface area contributed by atoms with Crippen LogP contribution in [0.2, 0.25) is 0 Å². The van der Waals surface area contributed by atoms with Gasteiger partial charge in [-0.05, 0) is 0 Å². The van der Waals surface area contributed by atoms with Crippen molar-refractivity contribution in [1.82, 2.24) is 0 Å². The zero-order valence-corrected chi connectivity index (χ0v) is 19.7. The summed E-state index contributed by atoms with van der Waals surface area (Å²) < 4.78 is 57.4. The maximum Gasteiger partial charge on any atom is 0.231 e. The van der Waals surface area contributed by atoms with Crippen LogP contribution in [-0.4, -0.2) is 65.9 Å². The first-order valence-corrected chi connectivity index (χ1v) is 11.1. The zero-order valence-electron chi connectivity index (χ0n) is 19.7. The van der Waals surface area contributed by atoms with E-state index in [0.29, 0.717) is 57.1 Å². The second-order valence-corrected chi connectivity index (χ2v) is 8.56. The van der Waals surface area contributed by atoms with Crippen molar-refractivity contribution in [2.24, 2.45) is 5.92 Å². The Morgan fingerprint density at radius 2 is 1.34 bits per heavy atom. The Bertz CT molecular complexity index is 1170. The molecule has 4 aliphatic heterocycles. The minimum absolute atomic E-state index is 0.00546. The van der Waals surface area contributed by atoms with Crippen LogP contribution in [0.15, 0.2) is 12.1 Å². The Kier molecular flexibility index (Phi) is 5.17. The van der Waals surface area contributed by atoms with Gasteiger partial charge in [-0.1, -0.05) is 0 Å². The normalized spacial score (nSPS) is 27.6. The lowest BCUT2D eigenvalue weighted by molar-refractivity contribution is -0.0644. The van der Waals surface area contributed by atoms with Gasteiger partial charge in [0.2, 0.25) is 25.1 Å². The van der Waals surface area contributed by atoms with Gasteiger partial charge in [0.05, 0.1) is 58.9 Å². The van der Waals surface area contributed by atoms with Crippen molar-refractivity contribution in [1.29, 1.82) is 0 Å². The molecule has 6 rings (SSSR count). The minimum atomic E-state index is -1.41. The average molecular weight is 490 g/mol. The summed E-state index contributed by atoms with van der Waals surface area (Å²) in [5.41, 5.74) is -0.266. The van der Waals surface area contributed by atoms with Crippen molar-refractivity contribution < 1.29 is 52.5 Å². The molecule has 0 amide bonds. The van der Waals surface area contributed by atoms with E-state index in [9.17, 15) is 5.11 Å². The zero-order chi connectivity index (χ0) is 24.3. The second-order valence-electron chi connectivity index (χ2n) is 8.56. The van der Waals surface area contributed by atoms with Crippen LogP contribution in [0.25, 0.3) is 0 Å². The van der Waals surface area contributed by atoms with E-state index in [4.69, 9.17) is 47.4 Å². The Morgan fingerprint density at radius 3 is 1.91 bits per heavy atom. The molecule has 11 nitrogen and oxygen atoms in total. The topological polar surface area (TPSA) is 113 Å². The molecule has 2 aromatic rings.